The second-order valence-electron chi connectivity index (χ2n) is 5.01. The molecule has 3 nitrogen and oxygen atoms in total. The minimum absolute atomic E-state index is 0.137. The normalized spacial score (nSPS) is 18.9. The highest BCUT2D eigenvalue weighted by Crippen LogP contribution is 2.33. The lowest BCUT2D eigenvalue weighted by molar-refractivity contribution is 0.654. The van der Waals surface area contributed by atoms with Crippen LogP contribution >= 0.6 is 0 Å². The van der Waals surface area contributed by atoms with Gasteiger partial charge in [-0.05, 0) is 32.8 Å². The summed E-state index contributed by atoms with van der Waals surface area (Å²) in [4.78, 5) is 9.12. The van der Waals surface area contributed by atoms with E-state index in [1.807, 2.05) is 13.8 Å². The fourth-order valence-electron chi connectivity index (χ4n) is 2.47. The largest absolute Gasteiger partial charge is 0.328 e. The topological polar surface area (TPSA) is 51.8 Å². The molecule has 1 aliphatic carbocycles. The lowest BCUT2D eigenvalue weighted by Crippen LogP contribution is -2.20. The molecule has 3 heteroatoms. The fraction of sp³-hybridized carbons (Fsp3) is 0.692. The number of hydrogen-bond donors (Lipinski definition) is 1. The maximum absolute atomic E-state index is 5.80. The third kappa shape index (κ3) is 2.79. The molecule has 0 amide bonds. The van der Waals surface area contributed by atoms with Crippen molar-refractivity contribution in [2.24, 2.45) is 5.73 Å². The molecule has 0 aliphatic heterocycles. The first-order chi connectivity index (χ1) is 7.65. The number of aromatic nitrogens is 2. The summed E-state index contributed by atoms with van der Waals surface area (Å²) in [7, 11) is 0. The van der Waals surface area contributed by atoms with E-state index in [0.717, 1.165) is 17.9 Å². The van der Waals surface area contributed by atoms with Crippen LogP contribution in [0, 0.1) is 6.92 Å². The van der Waals surface area contributed by atoms with Crippen molar-refractivity contribution in [3.8, 4) is 0 Å². The van der Waals surface area contributed by atoms with Gasteiger partial charge in [-0.15, -0.1) is 0 Å². The molecule has 2 rings (SSSR count). The third-order valence-electron chi connectivity index (χ3n) is 3.20. The van der Waals surface area contributed by atoms with Crippen molar-refractivity contribution in [1.29, 1.82) is 0 Å². The van der Waals surface area contributed by atoms with Gasteiger partial charge < -0.3 is 5.73 Å². The zero-order valence-electron chi connectivity index (χ0n) is 10.2. The van der Waals surface area contributed by atoms with Crippen LogP contribution in [-0.2, 0) is 6.42 Å². The van der Waals surface area contributed by atoms with E-state index in [2.05, 4.69) is 16.0 Å². The van der Waals surface area contributed by atoms with E-state index in [1.54, 1.807) is 0 Å². The van der Waals surface area contributed by atoms with Crippen molar-refractivity contribution in [1.82, 2.24) is 9.97 Å². The van der Waals surface area contributed by atoms with Crippen LogP contribution in [-0.4, -0.2) is 16.0 Å². The van der Waals surface area contributed by atoms with Gasteiger partial charge in [0.25, 0.3) is 0 Å². The summed E-state index contributed by atoms with van der Waals surface area (Å²) in [5.74, 6) is 1.57. The van der Waals surface area contributed by atoms with E-state index in [9.17, 15) is 0 Å². The van der Waals surface area contributed by atoms with Crippen molar-refractivity contribution in [3.63, 3.8) is 0 Å². The van der Waals surface area contributed by atoms with Gasteiger partial charge in [0.1, 0.15) is 5.82 Å². The van der Waals surface area contributed by atoms with E-state index in [1.165, 1.54) is 31.4 Å². The van der Waals surface area contributed by atoms with Crippen LogP contribution in [0.5, 0.6) is 0 Å². The van der Waals surface area contributed by atoms with Crippen LogP contribution in [0.15, 0.2) is 6.07 Å². The molecule has 1 aliphatic rings. The van der Waals surface area contributed by atoms with Crippen LogP contribution in [0.1, 0.15) is 55.7 Å². The molecule has 0 bridgehead atoms. The van der Waals surface area contributed by atoms with Gasteiger partial charge in [0.2, 0.25) is 0 Å². The van der Waals surface area contributed by atoms with Gasteiger partial charge in [0, 0.05) is 29.8 Å². The Morgan fingerprint density at radius 1 is 1.38 bits per heavy atom. The van der Waals surface area contributed by atoms with Crippen molar-refractivity contribution >= 4 is 0 Å². The number of nitrogens with two attached hydrogens (primary N) is 1. The summed E-state index contributed by atoms with van der Waals surface area (Å²) in [6.45, 7) is 4.05. The molecule has 1 fully saturated rings. The highest BCUT2D eigenvalue weighted by atomic mass is 14.9. The molecule has 0 spiro atoms. The zero-order valence-corrected chi connectivity index (χ0v) is 10.2. The fourth-order valence-corrected chi connectivity index (χ4v) is 2.47. The average Bonchev–Trinajstić information content (AvgIpc) is 2.67. The molecule has 88 valence electrons. The molecule has 1 atom stereocenters. The minimum atomic E-state index is 0.137. The molecule has 0 saturated heterocycles. The predicted molar refractivity (Wildman–Crippen MR) is 65.3 cm³/mol. The first-order valence-corrected chi connectivity index (χ1v) is 6.25. The summed E-state index contributed by atoms with van der Waals surface area (Å²) in [6.07, 6.45) is 6.04. The van der Waals surface area contributed by atoms with Gasteiger partial charge >= 0.3 is 0 Å². The van der Waals surface area contributed by atoms with Gasteiger partial charge in [0.05, 0.1) is 0 Å². The van der Waals surface area contributed by atoms with Crippen LogP contribution in [0.2, 0.25) is 0 Å². The van der Waals surface area contributed by atoms with Crippen LogP contribution in [0.4, 0.5) is 0 Å². The predicted octanol–water partition coefficient (Wildman–Crippen LogP) is 2.33. The Balaban J connectivity index is 2.20. The SMILES string of the molecule is Cc1cc(C2CCCC2)nc(CC(C)N)n1. The molecule has 16 heavy (non-hydrogen) atoms. The zero-order chi connectivity index (χ0) is 11.5. The van der Waals surface area contributed by atoms with E-state index < -0.39 is 0 Å². The van der Waals surface area contributed by atoms with Gasteiger partial charge in [-0.3, -0.25) is 0 Å². The van der Waals surface area contributed by atoms with E-state index in [0.29, 0.717) is 5.92 Å². The molecule has 1 unspecified atom stereocenters. The monoisotopic (exact) mass is 219 g/mol. The van der Waals surface area contributed by atoms with Crippen molar-refractivity contribution in [3.05, 3.63) is 23.3 Å². The van der Waals surface area contributed by atoms with Gasteiger partial charge in [-0.2, -0.15) is 0 Å². The van der Waals surface area contributed by atoms with E-state index >= 15 is 0 Å². The van der Waals surface area contributed by atoms with Gasteiger partial charge in [-0.25, -0.2) is 9.97 Å². The molecule has 0 aromatic carbocycles. The Hall–Kier alpha value is -0.960. The first kappa shape index (κ1) is 11.5. The van der Waals surface area contributed by atoms with Gasteiger partial charge in [-0.1, -0.05) is 12.8 Å². The Morgan fingerprint density at radius 3 is 2.69 bits per heavy atom. The molecule has 1 heterocycles. The summed E-state index contributed by atoms with van der Waals surface area (Å²) in [5, 5.41) is 0. The standard InChI is InChI=1S/C13H21N3/c1-9(14)7-13-15-10(2)8-12(16-13)11-5-3-4-6-11/h8-9,11H,3-7,14H2,1-2H3. The second-order valence-corrected chi connectivity index (χ2v) is 5.01. The van der Waals surface area contributed by atoms with Crippen LogP contribution < -0.4 is 5.73 Å². The molecule has 1 saturated carbocycles. The third-order valence-corrected chi connectivity index (χ3v) is 3.20. The summed E-state index contributed by atoms with van der Waals surface area (Å²) < 4.78 is 0. The molecule has 0 radical (unpaired) electrons. The number of hydrogen-bond acceptors (Lipinski definition) is 3. The smallest absolute Gasteiger partial charge is 0.130 e. The highest BCUT2D eigenvalue weighted by Gasteiger charge is 2.19. The Kier molecular flexibility index (Phi) is 3.54. The number of nitrogens with zero attached hydrogens (tertiary/aromatic N) is 2. The second kappa shape index (κ2) is 4.91. The molecule has 1 aromatic rings. The maximum atomic E-state index is 5.80. The van der Waals surface area contributed by atoms with Crippen LogP contribution in [0.3, 0.4) is 0 Å². The molecule has 1 aromatic heterocycles. The summed E-state index contributed by atoms with van der Waals surface area (Å²) >= 11 is 0. The summed E-state index contributed by atoms with van der Waals surface area (Å²) in [6, 6.07) is 2.28. The lowest BCUT2D eigenvalue weighted by Gasteiger charge is -2.12. The number of rotatable bonds is 3. The Bertz CT molecular complexity index is 354. The molecular formula is C13H21N3. The maximum Gasteiger partial charge on any atom is 0.130 e. The van der Waals surface area contributed by atoms with E-state index in [4.69, 9.17) is 5.73 Å². The Morgan fingerprint density at radius 2 is 2.06 bits per heavy atom. The average molecular weight is 219 g/mol. The quantitative estimate of drug-likeness (QED) is 0.849. The summed E-state index contributed by atoms with van der Waals surface area (Å²) in [5.41, 5.74) is 8.11. The molecule has 2 N–H and O–H groups in total. The number of aryl methyl sites for hydroxylation is 1. The van der Waals surface area contributed by atoms with E-state index in [-0.39, 0.29) is 6.04 Å². The van der Waals surface area contributed by atoms with Crippen molar-refractivity contribution < 1.29 is 0 Å². The van der Waals surface area contributed by atoms with Gasteiger partial charge in [0.15, 0.2) is 0 Å². The highest BCUT2D eigenvalue weighted by molar-refractivity contribution is 5.15. The van der Waals surface area contributed by atoms with Crippen molar-refractivity contribution in [2.75, 3.05) is 0 Å². The first-order valence-electron chi connectivity index (χ1n) is 6.25. The molecular weight excluding hydrogens is 198 g/mol. The minimum Gasteiger partial charge on any atom is -0.328 e. The lowest BCUT2D eigenvalue weighted by atomic mass is 10.0. The Labute approximate surface area is 97.5 Å². The van der Waals surface area contributed by atoms with Crippen LogP contribution in [0.25, 0.3) is 0 Å². The van der Waals surface area contributed by atoms with Crippen molar-refractivity contribution in [2.45, 2.75) is 57.9 Å².